The van der Waals surface area contributed by atoms with Crippen molar-refractivity contribution in [3.8, 4) is 27.0 Å². The Morgan fingerprint density at radius 2 is 1.71 bits per heavy atom. The fourth-order valence-corrected chi connectivity index (χ4v) is 5.26. The maximum Gasteiger partial charge on any atom is 0.233 e. The molecule has 0 radical (unpaired) electrons. The van der Waals surface area contributed by atoms with Crippen LogP contribution in [0.4, 0.5) is 5.82 Å². The minimum atomic E-state index is -0.0857. The molecular formula is C24H24N6O2S2. The topological polar surface area (TPSA) is 93.1 Å². The number of thiophene rings is 2. The Morgan fingerprint density at radius 3 is 2.32 bits per heavy atom. The van der Waals surface area contributed by atoms with E-state index in [4.69, 9.17) is 4.74 Å². The lowest BCUT2D eigenvalue weighted by Crippen LogP contribution is -2.44. The smallest absolute Gasteiger partial charge is 0.233 e. The summed E-state index contributed by atoms with van der Waals surface area (Å²) in [7, 11) is 0. The third-order valence-electron chi connectivity index (χ3n) is 5.61. The van der Waals surface area contributed by atoms with Gasteiger partial charge in [0, 0.05) is 19.2 Å². The van der Waals surface area contributed by atoms with Gasteiger partial charge in [0.15, 0.2) is 5.82 Å². The van der Waals surface area contributed by atoms with Gasteiger partial charge in [0.1, 0.15) is 18.0 Å². The number of ether oxygens (including phenoxy) is 1. The normalized spacial score (nSPS) is 15.8. The number of hydrogen-bond donors (Lipinski definition) is 1. The summed E-state index contributed by atoms with van der Waals surface area (Å²) >= 11 is 3.26. The van der Waals surface area contributed by atoms with Gasteiger partial charge < -0.3 is 15.0 Å². The van der Waals surface area contributed by atoms with E-state index in [0.717, 1.165) is 46.3 Å². The maximum absolute atomic E-state index is 12.7. The van der Waals surface area contributed by atoms with Gasteiger partial charge in [0.05, 0.1) is 22.2 Å². The maximum atomic E-state index is 12.7. The van der Waals surface area contributed by atoms with Crippen molar-refractivity contribution in [3.05, 3.63) is 59.3 Å². The van der Waals surface area contributed by atoms with Crippen molar-refractivity contribution in [2.24, 2.45) is 5.92 Å². The molecule has 174 valence electrons. The van der Waals surface area contributed by atoms with E-state index in [-0.39, 0.29) is 11.8 Å². The molecule has 1 atom stereocenters. The van der Waals surface area contributed by atoms with Gasteiger partial charge in [0.25, 0.3) is 0 Å². The second kappa shape index (κ2) is 10.7. The van der Waals surface area contributed by atoms with E-state index in [0.29, 0.717) is 25.6 Å². The molecule has 4 aromatic heterocycles. The van der Waals surface area contributed by atoms with E-state index in [9.17, 15) is 4.79 Å². The fraction of sp³-hybridized carbons (Fsp3) is 0.292. The number of amides is 1. The summed E-state index contributed by atoms with van der Waals surface area (Å²) in [6, 6.07) is 15.7. The van der Waals surface area contributed by atoms with E-state index in [2.05, 4.69) is 30.6 Å². The SMILES string of the molecule is O=C(NCCOc1ccc(-c2cccs2)nn1)C1CCCN(c2ccc(-c3cccs3)nn2)C1. The van der Waals surface area contributed by atoms with Crippen molar-refractivity contribution in [2.45, 2.75) is 12.8 Å². The van der Waals surface area contributed by atoms with Crippen molar-refractivity contribution < 1.29 is 9.53 Å². The molecule has 1 aliphatic rings. The Labute approximate surface area is 205 Å². The molecule has 1 amide bonds. The molecule has 34 heavy (non-hydrogen) atoms. The highest BCUT2D eigenvalue weighted by atomic mass is 32.1. The van der Waals surface area contributed by atoms with Crippen LogP contribution < -0.4 is 15.0 Å². The van der Waals surface area contributed by atoms with Crippen molar-refractivity contribution in [2.75, 3.05) is 31.1 Å². The summed E-state index contributed by atoms with van der Waals surface area (Å²) in [4.78, 5) is 17.0. The van der Waals surface area contributed by atoms with Gasteiger partial charge >= 0.3 is 0 Å². The van der Waals surface area contributed by atoms with E-state index < -0.39 is 0 Å². The highest BCUT2D eigenvalue weighted by molar-refractivity contribution is 7.13. The van der Waals surface area contributed by atoms with Crippen LogP contribution in [0, 0.1) is 5.92 Å². The van der Waals surface area contributed by atoms with E-state index in [1.165, 1.54) is 0 Å². The van der Waals surface area contributed by atoms with Crippen LogP contribution in [0.5, 0.6) is 5.88 Å². The lowest BCUT2D eigenvalue weighted by molar-refractivity contribution is -0.125. The molecule has 1 saturated heterocycles. The number of aromatic nitrogens is 4. The molecule has 0 bridgehead atoms. The Bertz CT molecular complexity index is 1180. The van der Waals surface area contributed by atoms with Crippen LogP contribution in [0.2, 0.25) is 0 Å². The predicted octanol–water partition coefficient (Wildman–Crippen LogP) is 4.14. The number of carbonyl (C=O) groups excluding carboxylic acids is 1. The number of rotatable bonds is 8. The van der Waals surface area contributed by atoms with Crippen LogP contribution in [0.25, 0.3) is 21.1 Å². The average Bonchev–Trinajstić information content (AvgIpc) is 3.62. The third-order valence-corrected chi connectivity index (χ3v) is 7.39. The lowest BCUT2D eigenvalue weighted by atomic mass is 9.97. The first-order valence-corrected chi connectivity index (χ1v) is 12.9. The van der Waals surface area contributed by atoms with Gasteiger partial charge in [-0.25, -0.2) is 0 Å². The first-order valence-electron chi connectivity index (χ1n) is 11.2. The van der Waals surface area contributed by atoms with Gasteiger partial charge in [-0.2, -0.15) is 0 Å². The first-order chi connectivity index (χ1) is 16.8. The van der Waals surface area contributed by atoms with E-state index >= 15 is 0 Å². The lowest BCUT2D eigenvalue weighted by Gasteiger charge is -2.32. The molecule has 0 aliphatic carbocycles. The molecule has 0 saturated carbocycles. The van der Waals surface area contributed by atoms with Gasteiger partial charge in [-0.1, -0.05) is 12.1 Å². The molecule has 1 aliphatic heterocycles. The zero-order valence-corrected chi connectivity index (χ0v) is 20.1. The van der Waals surface area contributed by atoms with E-state index in [1.54, 1.807) is 28.7 Å². The molecule has 0 spiro atoms. The van der Waals surface area contributed by atoms with Gasteiger partial charge in [-0.15, -0.1) is 43.1 Å². The summed E-state index contributed by atoms with van der Waals surface area (Å²) in [5, 5.41) is 24.1. The Morgan fingerprint density at radius 1 is 0.971 bits per heavy atom. The number of nitrogens with zero attached hydrogens (tertiary/aromatic N) is 5. The Balaban J connectivity index is 1.08. The summed E-state index contributed by atoms with van der Waals surface area (Å²) in [6.07, 6.45) is 1.80. The first kappa shape index (κ1) is 22.4. The highest BCUT2D eigenvalue weighted by Crippen LogP contribution is 2.26. The molecule has 10 heteroatoms. The van der Waals surface area contributed by atoms with Crippen LogP contribution in [0.1, 0.15) is 12.8 Å². The molecule has 5 heterocycles. The zero-order valence-electron chi connectivity index (χ0n) is 18.5. The summed E-state index contributed by atoms with van der Waals surface area (Å²) < 4.78 is 5.64. The number of piperidine rings is 1. The van der Waals surface area contributed by atoms with Crippen LogP contribution in [-0.2, 0) is 4.79 Å². The quantitative estimate of drug-likeness (QED) is 0.370. The zero-order chi connectivity index (χ0) is 23.2. The molecule has 1 N–H and O–H groups in total. The van der Waals surface area contributed by atoms with Gasteiger partial charge in [-0.3, -0.25) is 4.79 Å². The van der Waals surface area contributed by atoms with Crippen LogP contribution in [-0.4, -0.2) is 52.5 Å². The molecular weight excluding hydrogens is 468 g/mol. The molecule has 0 aromatic carbocycles. The van der Waals surface area contributed by atoms with Crippen LogP contribution in [0.3, 0.4) is 0 Å². The second-order valence-corrected chi connectivity index (χ2v) is 9.81. The van der Waals surface area contributed by atoms with Crippen LogP contribution in [0.15, 0.2) is 59.3 Å². The van der Waals surface area contributed by atoms with Gasteiger partial charge in [0.2, 0.25) is 11.8 Å². The summed E-state index contributed by atoms with van der Waals surface area (Å²) in [5.74, 6) is 1.21. The Kier molecular flexibility index (Phi) is 7.06. The third kappa shape index (κ3) is 5.40. The standard InChI is InChI=1S/C24H24N6O2S2/c31-24(25-11-13-32-23-10-8-19(27-29-23)21-6-3-15-34-21)17-4-1-12-30(16-17)22-9-7-18(26-28-22)20-5-2-14-33-20/h2-3,5-10,14-15,17H,1,4,11-13,16H2,(H,25,31). The van der Waals surface area contributed by atoms with Crippen molar-refractivity contribution in [1.82, 2.24) is 25.7 Å². The summed E-state index contributed by atoms with van der Waals surface area (Å²) in [6.45, 7) is 2.26. The van der Waals surface area contributed by atoms with Gasteiger partial charge in [-0.05, 0) is 53.9 Å². The molecule has 4 aromatic rings. The van der Waals surface area contributed by atoms with Crippen molar-refractivity contribution in [3.63, 3.8) is 0 Å². The number of anilines is 1. The molecule has 1 unspecified atom stereocenters. The Hall–Kier alpha value is -3.37. The minimum absolute atomic E-state index is 0.0376. The minimum Gasteiger partial charge on any atom is -0.475 e. The predicted molar refractivity (Wildman–Crippen MR) is 134 cm³/mol. The second-order valence-electron chi connectivity index (χ2n) is 7.91. The average molecular weight is 493 g/mol. The van der Waals surface area contributed by atoms with Crippen molar-refractivity contribution in [1.29, 1.82) is 0 Å². The fourth-order valence-electron chi connectivity index (χ4n) is 3.88. The monoisotopic (exact) mass is 492 g/mol. The number of nitrogens with one attached hydrogen (secondary N) is 1. The van der Waals surface area contributed by atoms with Crippen molar-refractivity contribution >= 4 is 34.4 Å². The van der Waals surface area contributed by atoms with E-state index in [1.807, 2.05) is 53.2 Å². The van der Waals surface area contributed by atoms with Crippen LogP contribution >= 0.6 is 22.7 Å². The molecule has 8 nitrogen and oxygen atoms in total. The summed E-state index contributed by atoms with van der Waals surface area (Å²) in [5.41, 5.74) is 1.69. The highest BCUT2D eigenvalue weighted by Gasteiger charge is 2.26. The molecule has 5 rings (SSSR count). The number of hydrogen-bond acceptors (Lipinski definition) is 9. The molecule has 1 fully saturated rings. The largest absolute Gasteiger partial charge is 0.475 e. The number of carbonyl (C=O) groups is 1.